The molecule has 3 aromatic rings. The lowest BCUT2D eigenvalue weighted by Gasteiger charge is -2.12. The van der Waals surface area contributed by atoms with Gasteiger partial charge in [-0.25, -0.2) is 14.2 Å². The highest BCUT2D eigenvalue weighted by Crippen LogP contribution is 2.23. The van der Waals surface area contributed by atoms with E-state index in [1.54, 1.807) is 31.2 Å². The number of para-hydroxylation sites is 1. The molecule has 1 heterocycles. The minimum atomic E-state index is -0.837. The van der Waals surface area contributed by atoms with Crippen molar-refractivity contribution in [2.24, 2.45) is 0 Å². The van der Waals surface area contributed by atoms with Crippen LogP contribution in [0.3, 0.4) is 0 Å². The Labute approximate surface area is 194 Å². The van der Waals surface area contributed by atoms with Crippen molar-refractivity contribution in [3.63, 3.8) is 0 Å². The van der Waals surface area contributed by atoms with E-state index in [4.69, 9.17) is 16.3 Å². The van der Waals surface area contributed by atoms with Crippen molar-refractivity contribution in [1.82, 2.24) is 10.3 Å². The summed E-state index contributed by atoms with van der Waals surface area (Å²) in [5.41, 5.74) is 1.37. The Kier molecular flexibility index (Phi) is 7.93. The molecule has 0 aliphatic carbocycles. The molecule has 0 aliphatic rings. The molecule has 0 atom stereocenters. The van der Waals surface area contributed by atoms with Crippen LogP contribution in [-0.4, -0.2) is 35.9 Å². The maximum Gasteiger partial charge on any atom is 0.342 e. The molecule has 0 fully saturated rings. The number of anilines is 3. The summed E-state index contributed by atoms with van der Waals surface area (Å²) in [6.07, 6.45) is 1.42. The second-order valence-electron chi connectivity index (χ2n) is 6.82. The second kappa shape index (κ2) is 11.1. The number of rotatable bonds is 8. The van der Waals surface area contributed by atoms with Crippen molar-refractivity contribution < 1.29 is 23.5 Å². The van der Waals surface area contributed by atoms with E-state index in [0.717, 1.165) is 0 Å². The molecule has 2 aromatic carbocycles. The smallest absolute Gasteiger partial charge is 0.342 e. The minimum absolute atomic E-state index is 0.0164. The van der Waals surface area contributed by atoms with E-state index in [-0.39, 0.29) is 23.6 Å². The number of hydrogen-bond acceptors (Lipinski definition) is 6. The summed E-state index contributed by atoms with van der Waals surface area (Å²) in [6.45, 7) is 0.815. The van der Waals surface area contributed by atoms with Crippen LogP contribution in [0.25, 0.3) is 0 Å². The number of nitrogens with zero attached hydrogens (tertiary/aromatic N) is 1. The van der Waals surface area contributed by atoms with Gasteiger partial charge in [0.2, 0.25) is 5.91 Å². The lowest BCUT2D eigenvalue weighted by atomic mass is 10.2. The number of aromatic nitrogens is 1. The number of carbonyl (C=O) groups excluding carboxylic acids is 3. The molecule has 1 aromatic heterocycles. The average Bonchev–Trinajstić information content (AvgIpc) is 2.81. The van der Waals surface area contributed by atoms with Gasteiger partial charge < -0.3 is 20.7 Å². The van der Waals surface area contributed by atoms with Gasteiger partial charge in [-0.1, -0.05) is 29.8 Å². The SMILES string of the molecule is Cc1c(Cl)cccc1NC(=O)CNC(=O)COC(=O)c1cccnc1Nc1ccccc1F. The zero-order chi connectivity index (χ0) is 23.8. The van der Waals surface area contributed by atoms with Gasteiger partial charge in [-0.3, -0.25) is 9.59 Å². The first kappa shape index (κ1) is 23.7. The van der Waals surface area contributed by atoms with Crippen LogP contribution >= 0.6 is 11.6 Å². The lowest BCUT2D eigenvalue weighted by Crippen LogP contribution is -2.35. The van der Waals surface area contributed by atoms with Gasteiger partial charge in [0.1, 0.15) is 17.2 Å². The first-order valence-corrected chi connectivity index (χ1v) is 10.2. The van der Waals surface area contributed by atoms with Crippen LogP contribution in [0.5, 0.6) is 0 Å². The first-order valence-electron chi connectivity index (χ1n) is 9.80. The summed E-state index contributed by atoms with van der Waals surface area (Å²) in [4.78, 5) is 40.5. The summed E-state index contributed by atoms with van der Waals surface area (Å²) in [7, 11) is 0. The monoisotopic (exact) mass is 470 g/mol. The highest BCUT2D eigenvalue weighted by molar-refractivity contribution is 6.31. The Morgan fingerprint density at radius 3 is 2.55 bits per heavy atom. The zero-order valence-corrected chi connectivity index (χ0v) is 18.3. The maximum atomic E-state index is 13.9. The number of ether oxygens (including phenoxy) is 1. The molecule has 0 saturated heterocycles. The van der Waals surface area contributed by atoms with E-state index in [2.05, 4.69) is 20.9 Å². The van der Waals surface area contributed by atoms with Crippen LogP contribution < -0.4 is 16.0 Å². The van der Waals surface area contributed by atoms with Crippen molar-refractivity contribution >= 4 is 46.6 Å². The predicted molar refractivity (Wildman–Crippen MR) is 122 cm³/mol. The van der Waals surface area contributed by atoms with Crippen LogP contribution in [0.15, 0.2) is 60.8 Å². The Bertz CT molecular complexity index is 1190. The molecule has 170 valence electrons. The minimum Gasteiger partial charge on any atom is -0.452 e. The highest BCUT2D eigenvalue weighted by atomic mass is 35.5. The lowest BCUT2D eigenvalue weighted by molar-refractivity contribution is -0.126. The van der Waals surface area contributed by atoms with E-state index in [1.165, 1.54) is 36.5 Å². The van der Waals surface area contributed by atoms with Crippen molar-refractivity contribution in [3.05, 3.63) is 82.8 Å². The van der Waals surface area contributed by atoms with Crippen molar-refractivity contribution in [1.29, 1.82) is 0 Å². The zero-order valence-electron chi connectivity index (χ0n) is 17.5. The normalized spacial score (nSPS) is 10.3. The van der Waals surface area contributed by atoms with E-state index >= 15 is 0 Å². The standard InChI is InChI=1S/C23H20ClFN4O4/c1-14-16(24)7-4-10-18(14)28-20(30)12-27-21(31)13-33-23(32)15-6-5-11-26-22(15)29-19-9-3-2-8-17(19)25/h2-11H,12-13H2,1H3,(H,26,29)(H,27,31)(H,28,30). The van der Waals surface area contributed by atoms with Crippen LogP contribution in [0, 0.1) is 12.7 Å². The Hall–Kier alpha value is -3.98. The molecular weight excluding hydrogens is 451 g/mol. The van der Waals surface area contributed by atoms with Crippen molar-refractivity contribution in [3.8, 4) is 0 Å². The molecule has 3 N–H and O–H groups in total. The van der Waals surface area contributed by atoms with Gasteiger partial charge in [-0.2, -0.15) is 0 Å². The van der Waals surface area contributed by atoms with Crippen molar-refractivity contribution in [2.75, 3.05) is 23.8 Å². The number of esters is 1. The number of pyridine rings is 1. The largest absolute Gasteiger partial charge is 0.452 e. The fraction of sp³-hybridized carbons (Fsp3) is 0.130. The molecule has 33 heavy (non-hydrogen) atoms. The fourth-order valence-corrected chi connectivity index (χ4v) is 2.91. The number of carbonyl (C=O) groups is 3. The molecular formula is C23H20ClFN4O4. The van der Waals surface area contributed by atoms with Gasteiger partial charge in [0, 0.05) is 16.9 Å². The number of hydrogen-bond donors (Lipinski definition) is 3. The number of amides is 2. The van der Waals surface area contributed by atoms with E-state index < -0.39 is 30.2 Å². The van der Waals surface area contributed by atoms with Crippen LogP contribution in [0.4, 0.5) is 21.6 Å². The quantitative estimate of drug-likeness (QED) is 0.431. The fourth-order valence-electron chi connectivity index (χ4n) is 2.74. The third-order valence-electron chi connectivity index (χ3n) is 4.48. The molecule has 10 heteroatoms. The first-order chi connectivity index (χ1) is 15.8. The molecule has 0 radical (unpaired) electrons. The summed E-state index contributed by atoms with van der Waals surface area (Å²) >= 11 is 6.01. The molecule has 0 aliphatic heterocycles. The third kappa shape index (κ3) is 6.50. The van der Waals surface area contributed by atoms with Crippen molar-refractivity contribution in [2.45, 2.75) is 6.92 Å². The van der Waals surface area contributed by atoms with Gasteiger partial charge in [-0.05, 0) is 48.9 Å². The van der Waals surface area contributed by atoms with Crippen LogP contribution in [0.2, 0.25) is 5.02 Å². The highest BCUT2D eigenvalue weighted by Gasteiger charge is 2.17. The number of halogens is 2. The second-order valence-corrected chi connectivity index (χ2v) is 7.23. The molecule has 0 unspecified atom stereocenters. The van der Waals surface area contributed by atoms with Gasteiger partial charge in [0.25, 0.3) is 5.91 Å². The summed E-state index contributed by atoms with van der Waals surface area (Å²) in [5.74, 6) is -2.43. The average molecular weight is 471 g/mol. The molecule has 2 amide bonds. The topological polar surface area (TPSA) is 109 Å². The van der Waals surface area contributed by atoms with Gasteiger partial charge in [-0.15, -0.1) is 0 Å². The van der Waals surface area contributed by atoms with Crippen LogP contribution in [-0.2, 0) is 14.3 Å². The maximum absolute atomic E-state index is 13.9. The summed E-state index contributed by atoms with van der Waals surface area (Å²) in [5, 5.41) is 8.24. The van der Waals surface area contributed by atoms with E-state index in [0.29, 0.717) is 16.3 Å². The molecule has 0 spiro atoms. The Balaban J connectivity index is 1.51. The van der Waals surface area contributed by atoms with E-state index in [1.807, 2.05) is 0 Å². The predicted octanol–water partition coefficient (Wildman–Crippen LogP) is 3.84. The van der Waals surface area contributed by atoms with Gasteiger partial charge in [0.05, 0.1) is 12.2 Å². The van der Waals surface area contributed by atoms with Gasteiger partial charge >= 0.3 is 5.97 Å². The molecule has 0 saturated carbocycles. The van der Waals surface area contributed by atoms with E-state index in [9.17, 15) is 18.8 Å². The van der Waals surface area contributed by atoms with Gasteiger partial charge in [0.15, 0.2) is 6.61 Å². The number of nitrogens with one attached hydrogen (secondary N) is 3. The van der Waals surface area contributed by atoms with Crippen LogP contribution in [0.1, 0.15) is 15.9 Å². The molecule has 3 rings (SSSR count). The third-order valence-corrected chi connectivity index (χ3v) is 4.89. The number of benzene rings is 2. The molecule has 8 nitrogen and oxygen atoms in total. The summed E-state index contributed by atoms with van der Waals surface area (Å²) in [6, 6.07) is 13.9. The summed E-state index contributed by atoms with van der Waals surface area (Å²) < 4.78 is 18.9. The Morgan fingerprint density at radius 1 is 1.00 bits per heavy atom. The Morgan fingerprint density at radius 2 is 1.76 bits per heavy atom. The molecule has 0 bridgehead atoms.